The summed E-state index contributed by atoms with van der Waals surface area (Å²) in [5.74, 6) is 0.131. The molecule has 0 spiro atoms. The van der Waals surface area contributed by atoms with Crippen LogP contribution in [0.15, 0.2) is 29.2 Å². The van der Waals surface area contributed by atoms with Gasteiger partial charge in [-0.3, -0.25) is 4.79 Å². The average Bonchev–Trinajstić information content (AvgIpc) is 2.46. The smallest absolute Gasteiger partial charge is 0.338 e. The number of rotatable bonds is 3. The van der Waals surface area contributed by atoms with Gasteiger partial charge in [-0.1, -0.05) is 0 Å². The highest BCUT2D eigenvalue weighted by atomic mass is 35.5. The van der Waals surface area contributed by atoms with Crippen LogP contribution in [0.25, 0.3) is 0 Å². The Morgan fingerprint density at radius 1 is 1.35 bits per heavy atom. The Labute approximate surface area is 144 Å². The molecule has 1 amide bonds. The largest absolute Gasteiger partial charge is 0.446 e. The highest BCUT2D eigenvalue weighted by molar-refractivity contribution is 8.00. The van der Waals surface area contributed by atoms with Crippen molar-refractivity contribution < 1.29 is 18.0 Å². The molecule has 23 heavy (non-hydrogen) atoms. The first kappa shape index (κ1) is 20.1. The highest BCUT2D eigenvalue weighted by Gasteiger charge is 2.30. The Morgan fingerprint density at radius 2 is 1.96 bits per heavy atom. The lowest BCUT2D eigenvalue weighted by atomic mass is 9.92. The van der Waals surface area contributed by atoms with E-state index in [9.17, 15) is 18.0 Å². The number of piperidine rings is 1. The molecule has 1 saturated heterocycles. The van der Waals surface area contributed by atoms with Gasteiger partial charge < -0.3 is 10.6 Å². The van der Waals surface area contributed by atoms with Gasteiger partial charge in [0, 0.05) is 29.6 Å². The van der Waals surface area contributed by atoms with Crippen LogP contribution in [0.1, 0.15) is 30.1 Å². The predicted octanol–water partition coefficient (Wildman–Crippen LogP) is 3.92. The van der Waals surface area contributed by atoms with E-state index in [2.05, 4.69) is 0 Å². The van der Waals surface area contributed by atoms with E-state index in [0.29, 0.717) is 18.7 Å². The Bertz CT molecular complexity index is 522. The van der Waals surface area contributed by atoms with Gasteiger partial charge in [-0.25, -0.2) is 0 Å². The fraction of sp³-hybridized carbons (Fsp3) is 0.533. The number of carbonyl (C=O) groups excluding carboxylic acids is 1. The fourth-order valence-corrected chi connectivity index (χ4v) is 3.14. The molecule has 1 fully saturated rings. The van der Waals surface area contributed by atoms with Crippen molar-refractivity contribution in [1.82, 2.24) is 4.90 Å². The molecule has 2 unspecified atom stereocenters. The van der Waals surface area contributed by atoms with Crippen molar-refractivity contribution in [2.24, 2.45) is 11.7 Å². The molecule has 0 bridgehead atoms. The summed E-state index contributed by atoms with van der Waals surface area (Å²) in [6.07, 6.45) is 1.91. The quantitative estimate of drug-likeness (QED) is 0.822. The van der Waals surface area contributed by atoms with Crippen LogP contribution in [0.2, 0.25) is 0 Å². The molecule has 1 aliphatic rings. The third-order valence-electron chi connectivity index (χ3n) is 3.82. The van der Waals surface area contributed by atoms with Crippen LogP contribution in [0.3, 0.4) is 0 Å². The van der Waals surface area contributed by atoms with Crippen LogP contribution in [0.5, 0.6) is 0 Å². The van der Waals surface area contributed by atoms with Crippen LogP contribution in [-0.2, 0) is 0 Å². The van der Waals surface area contributed by atoms with Gasteiger partial charge in [0.05, 0.1) is 0 Å². The van der Waals surface area contributed by atoms with E-state index in [-0.39, 0.29) is 46.9 Å². The van der Waals surface area contributed by atoms with Gasteiger partial charge in [-0.05, 0) is 61.7 Å². The second-order valence-corrected chi connectivity index (χ2v) is 6.72. The van der Waals surface area contributed by atoms with E-state index in [1.54, 1.807) is 4.90 Å². The molecule has 8 heteroatoms. The van der Waals surface area contributed by atoms with Crippen LogP contribution < -0.4 is 5.73 Å². The number of hydrogen-bond donors (Lipinski definition) is 1. The summed E-state index contributed by atoms with van der Waals surface area (Å²) in [5, 5.41) is 0. The number of alkyl halides is 3. The molecule has 1 aromatic carbocycles. The number of likely N-dealkylation sites (tertiary alicyclic amines) is 1. The van der Waals surface area contributed by atoms with Gasteiger partial charge in [-0.15, -0.1) is 12.4 Å². The average molecular weight is 369 g/mol. The lowest BCUT2D eigenvalue weighted by Crippen LogP contribution is -2.45. The fourth-order valence-electron chi connectivity index (χ4n) is 2.61. The number of thioether (sulfide) groups is 1. The van der Waals surface area contributed by atoms with E-state index in [4.69, 9.17) is 5.73 Å². The first-order chi connectivity index (χ1) is 10.3. The third kappa shape index (κ3) is 5.90. The van der Waals surface area contributed by atoms with Crippen molar-refractivity contribution in [3.63, 3.8) is 0 Å². The van der Waals surface area contributed by atoms with Gasteiger partial charge in [0.2, 0.25) is 0 Å². The standard InChI is InChI=1S/C15H19F3N2OS.ClH/c1-10(19)12-3-2-8-20(9-12)14(21)11-4-6-13(7-5-11)22-15(16,17)18;/h4-7,10,12H,2-3,8-9,19H2,1H3;1H. The van der Waals surface area contributed by atoms with Crippen molar-refractivity contribution in [3.05, 3.63) is 29.8 Å². The monoisotopic (exact) mass is 368 g/mol. The SMILES string of the molecule is CC(N)C1CCCN(C(=O)c2ccc(SC(F)(F)F)cc2)C1.Cl. The Morgan fingerprint density at radius 3 is 2.48 bits per heavy atom. The summed E-state index contributed by atoms with van der Waals surface area (Å²) < 4.78 is 36.9. The lowest BCUT2D eigenvalue weighted by Gasteiger charge is -2.34. The summed E-state index contributed by atoms with van der Waals surface area (Å²) in [4.78, 5) is 14.2. The molecule has 0 aromatic heterocycles. The van der Waals surface area contributed by atoms with Crippen molar-refractivity contribution in [2.75, 3.05) is 13.1 Å². The van der Waals surface area contributed by atoms with Crippen molar-refractivity contribution in [3.8, 4) is 0 Å². The van der Waals surface area contributed by atoms with Gasteiger partial charge in [0.15, 0.2) is 0 Å². The number of hydrogen-bond acceptors (Lipinski definition) is 3. The summed E-state index contributed by atoms with van der Waals surface area (Å²) in [7, 11) is 0. The molecule has 1 heterocycles. The van der Waals surface area contributed by atoms with Crippen molar-refractivity contribution >= 4 is 30.1 Å². The Hall–Kier alpha value is -0.920. The summed E-state index contributed by atoms with van der Waals surface area (Å²) >= 11 is -0.180. The summed E-state index contributed by atoms with van der Waals surface area (Å²) in [5.41, 5.74) is 2.00. The minimum absolute atomic E-state index is 0. The van der Waals surface area contributed by atoms with Crippen LogP contribution in [0.4, 0.5) is 13.2 Å². The molecular formula is C15H20ClF3N2OS. The van der Waals surface area contributed by atoms with E-state index < -0.39 is 5.51 Å². The lowest BCUT2D eigenvalue weighted by molar-refractivity contribution is -0.0328. The normalized spacial score (nSPS) is 19.9. The maximum absolute atomic E-state index is 12.4. The van der Waals surface area contributed by atoms with Crippen molar-refractivity contribution in [1.29, 1.82) is 0 Å². The number of halogens is 4. The minimum atomic E-state index is -4.32. The highest BCUT2D eigenvalue weighted by Crippen LogP contribution is 2.36. The number of carbonyl (C=O) groups is 1. The van der Waals surface area contributed by atoms with Gasteiger partial charge in [0.25, 0.3) is 5.91 Å². The first-order valence-corrected chi connectivity index (χ1v) is 7.98. The maximum atomic E-state index is 12.4. The molecule has 3 nitrogen and oxygen atoms in total. The molecule has 0 saturated carbocycles. The molecule has 1 aliphatic heterocycles. The minimum Gasteiger partial charge on any atom is -0.338 e. The number of nitrogens with zero attached hydrogens (tertiary/aromatic N) is 1. The zero-order valence-electron chi connectivity index (χ0n) is 12.7. The van der Waals surface area contributed by atoms with Gasteiger partial charge in [-0.2, -0.15) is 13.2 Å². The van der Waals surface area contributed by atoms with Crippen molar-refractivity contribution in [2.45, 2.75) is 36.2 Å². The number of benzene rings is 1. The number of amides is 1. The zero-order chi connectivity index (χ0) is 16.3. The second-order valence-electron chi connectivity index (χ2n) is 5.58. The Balaban J connectivity index is 0.00000264. The number of nitrogens with two attached hydrogens (primary N) is 1. The zero-order valence-corrected chi connectivity index (χ0v) is 14.3. The molecule has 1 aromatic rings. The van der Waals surface area contributed by atoms with Gasteiger partial charge in [0.1, 0.15) is 0 Å². The van der Waals surface area contributed by atoms with E-state index in [1.807, 2.05) is 6.92 Å². The molecule has 130 valence electrons. The summed E-state index contributed by atoms with van der Waals surface area (Å²) in [6.45, 7) is 3.21. The van der Waals surface area contributed by atoms with E-state index in [1.165, 1.54) is 24.3 Å². The first-order valence-electron chi connectivity index (χ1n) is 7.17. The predicted molar refractivity (Wildman–Crippen MR) is 87.9 cm³/mol. The molecule has 0 aliphatic carbocycles. The molecular weight excluding hydrogens is 349 g/mol. The summed E-state index contributed by atoms with van der Waals surface area (Å²) in [6, 6.07) is 5.59. The maximum Gasteiger partial charge on any atom is 0.446 e. The van der Waals surface area contributed by atoms with E-state index in [0.717, 1.165) is 12.8 Å². The van der Waals surface area contributed by atoms with Crippen LogP contribution in [-0.4, -0.2) is 35.4 Å². The van der Waals surface area contributed by atoms with Crippen LogP contribution >= 0.6 is 24.2 Å². The van der Waals surface area contributed by atoms with Gasteiger partial charge >= 0.3 is 5.51 Å². The van der Waals surface area contributed by atoms with E-state index >= 15 is 0 Å². The molecule has 2 rings (SSSR count). The Kier molecular flexibility index (Phi) is 7.23. The third-order valence-corrected chi connectivity index (χ3v) is 4.56. The molecule has 0 radical (unpaired) electrons. The topological polar surface area (TPSA) is 46.3 Å². The molecule has 2 atom stereocenters. The van der Waals surface area contributed by atoms with Crippen LogP contribution in [0, 0.1) is 5.92 Å². The molecule has 2 N–H and O–H groups in total. The second kappa shape index (κ2) is 8.26.